The fraction of sp³-hybridized carbons (Fsp3) is 0.727. The van der Waals surface area contributed by atoms with Gasteiger partial charge in [-0.25, -0.2) is 0 Å². The Morgan fingerprint density at radius 3 is 2.75 bits per heavy atom. The first kappa shape index (κ1) is 7.86. The van der Waals surface area contributed by atoms with Crippen LogP contribution in [0, 0.1) is 22.7 Å². The Morgan fingerprint density at radius 2 is 2.25 bits per heavy atom. The van der Waals surface area contributed by atoms with Crippen LogP contribution in [0.25, 0.3) is 0 Å². The third-order valence-electron chi connectivity index (χ3n) is 3.08. The van der Waals surface area contributed by atoms with Gasteiger partial charge in [-0.1, -0.05) is 25.0 Å². The highest BCUT2D eigenvalue weighted by molar-refractivity contribution is 5.09. The van der Waals surface area contributed by atoms with E-state index in [0.29, 0.717) is 0 Å². The van der Waals surface area contributed by atoms with Crippen LogP contribution >= 0.6 is 0 Å². The van der Waals surface area contributed by atoms with Crippen LogP contribution in [0.1, 0.15) is 38.5 Å². The third-order valence-corrected chi connectivity index (χ3v) is 3.08. The van der Waals surface area contributed by atoms with Crippen LogP contribution in [0.4, 0.5) is 0 Å². The number of hydrogen-bond donors (Lipinski definition) is 0. The maximum Gasteiger partial charge on any atom is 0.0693 e. The van der Waals surface area contributed by atoms with Crippen LogP contribution in [0.2, 0.25) is 0 Å². The molecule has 0 saturated heterocycles. The van der Waals surface area contributed by atoms with E-state index in [1.165, 1.54) is 12.8 Å². The van der Waals surface area contributed by atoms with E-state index in [1.54, 1.807) is 0 Å². The zero-order valence-corrected chi connectivity index (χ0v) is 7.42. The van der Waals surface area contributed by atoms with Gasteiger partial charge in [-0.3, -0.25) is 0 Å². The molecule has 0 amide bonds. The Balaban J connectivity index is 2.02. The minimum Gasteiger partial charge on any atom is -0.198 e. The van der Waals surface area contributed by atoms with Gasteiger partial charge in [0, 0.05) is 0 Å². The lowest BCUT2D eigenvalue weighted by Gasteiger charge is -2.27. The molecule has 12 heavy (non-hydrogen) atoms. The minimum atomic E-state index is 0.0237. The van der Waals surface area contributed by atoms with Gasteiger partial charge in [-0.2, -0.15) is 5.26 Å². The maximum absolute atomic E-state index is 9.13. The molecule has 1 fully saturated rings. The largest absolute Gasteiger partial charge is 0.198 e. The van der Waals surface area contributed by atoms with Crippen molar-refractivity contribution in [2.24, 2.45) is 11.3 Å². The molecule has 2 aliphatic rings. The van der Waals surface area contributed by atoms with E-state index in [9.17, 15) is 0 Å². The summed E-state index contributed by atoms with van der Waals surface area (Å²) < 4.78 is 0. The summed E-state index contributed by atoms with van der Waals surface area (Å²) in [4.78, 5) is 0. The predicted molar refractivity (Wildman–Crippen MR) is 48.4 cm³/mol. The number of nitrogens with zero attached hydrogens (tertiary/aromatic N) is 1. The van der Waals surface area contributed by atoms with E-state index in [1.807, 2.05) is 0 Å². The second kappa shape index (κ2) is 2.94. The van der Waals surface area contributed by atoms with Crippen LogP contribution in [-0.4, -0.2) is 0 Å². The van der Waals surface area contributed by atoms with Gasteiger partial charge in [0.05, 0.1) is 11.5 Å². The monoisotopic (exact) mass is 161 g/mol. The summed E-state index contributed by atoms with van der Waals surface area (Å²) in [5.41, 5.74) is 0.0237. The van der Waals surface area contributed by atoms with Crippen LogP contribution in [0.15, 0.2) is 12.2 Å². The summed E-state index contributed by atoms with van der Waals surface area (Å²) in [6.07, 6.45) is 11.5. The molecule has 0 aliphatic heterocycles. The van der Waals surface area contributed by atoms with Crippen molar-refractivity contribution in [2.75, 3.05) is 0 Å². The third kappa shape index (κ3) is 1.53. The molecule has 0 bridgehead atoms. The number of allylic oxidation sites excluding steroid dienone is 2. The van der Waals surface area contributed by atoms with E-state index in [4.69, 9.17) is 5.26 Å². The average Bonchev–Trinajstić information content (AvgIpc) is 2.90. The Bertz CT molecular complexity index is 232. The zero-order chi connectivity index (χ0) is 8.44. The Morgan fingerprint density at radius 1 is 1.42 bits per heavy atom. The van der Waals surface area contributed by atoms with Gasteiger partial charge in [0.25, 0.3) is 0 Å². The van der Waals surface area contributed by atoms with E-state index < -0.39 is 0 Å². The Labute approximate surface area is 74.1 Å². The lowest BCUT2D eigenvalue weighted by molar-refractivity contribution is 0.312. The van der Waals surface area contributed by atoms with Gasteiger partial charge in [0.2, 0.25) is 0 Å². The minimum absolute atomic E-state index is 0.0237. The maximum atomic E-state index is 9.13. The molecule has 1 saturated carbocycles. The zero-order valence-electron chi connectivity index (χ0n) is 7.42. The van der Waals surface area contributed by atoms with Gasteiger partial charge in [-0.15, -0.1) is 0 Å². The first-order chi connectivity index (χ1) is 5.85. The molecule has 1 nitrogen and oxygen atoms in total. The normalized spacial score (nSPS) is 34.6. The quantitative estimate of drug-likeness (QED) is 0.571. The van der Waals surface area contributed by atoms with E-state index in [-0.39, 0.29) is 5.41 Å². The van der Waals surface area contributed by atoms with Gasteiger partial charge >= 0.3 is 0 Å². The first-order valence-corrected chi connectivity index (χ1v) is 4.91. The van der Waals surface area contributed by atoms with Gasteiger partial charge in [0.1, 0.15) is 0 Å². The highest BCUT2D eigenvalue weighted by Gasteiger charge is 2.36. The van der Waals surface area contributed by atoms with Crippen molar-refractivity contribution in [1.29, 1.82) is 5.26 Å². The highest BCUT2D eigenvalue weighted by Crippen LogP contribution is 2.45. The topological polar surface area (TPSA) is 23.8 Å². The fourth-order valence-corrected chi connectivity index (χ4v) is 2.10. The molecule has 0 aromatic carbocycles. The smallest absolute Gasteiger partial charge is 0.0693 e. The fourth-order valence-electron chi connectivity index (χ4n) is 2.10. The predicted octanol–water partition coefficient (Wildman–Crippen LogP) is 3.04. The van der Waals surface area contributed by atoms with Crippen molar-refractivity contribution in [3.8, 4) is 6.07 Å². The molecule has 1 unspecified atom stereocenters. The molecule has 0 N–H and O–H groups in total. The Hall–Kier alpha value is -0.770. The summed E-state index contributed by atoms with van der Waals surface area (Å²) in [6.45, 7) is 0. The molecule has 0 radical (unpaired) electrons. The molecule has 0 spiro atoms. The first-order valence-electron chi connectivity index (χ1n) is 4.91. The lowest BCUT2D eigenvalue weighted by Crippen LogP contribution is -2.20. The number of rotatable bonds is 2. The summed E-state index contributed by atoms with van der Waals surface area (Å²) in [5.74, 6) is 0.885. The molecule has 1 heteroatoms. The van der Waals surface area contributed by atoms with Gasteiger partial charge < -0.3 is 0 Å². The number of hydrogen-bond acceptors (Lipinski definition) is 1. The van der Waals surface area contributed by atoms with Crippen molar-refractivity contribution in [2.45, 2.75) is 38.5 Å². The van der Waals surface area contributed by atoms with Gasteiger partial charge in [0.15, 0.2) is 0 Å². The standard InChI is InChI=1S/C11H15N/c12-9-11(8-10-4-5-10)6-2-1-3-7-11/h1-2,10H,3-8H2. The highest BCUT2D eigenvalue weighted by atomic mass is 14.4. The molecule has 64 valence electrons. The second-order valence-electron chi connectivity index (χ2n) is 4.25. The van der Waals surface area contributed by atoms with Crippen LogP contribution in [0.5, 0.6) is 0 Å². The molecule has 0 aromatic rings. The summed E-state index contributed by atoms with van der Waals surface area (Å²) in [5, 5.41) is 9.13. The van der Waals surface area contributed by atoms with Crippen LogP contribution < -0.4 is 0 Å². The van der Waals surface area contributed by atoms with Crippen molar-refractivity contribution in [3.05, 3.63) is 12.2 Å². The van der Waals surface area contributed by atoms with Crippen LogP contribution in [-0.2, 0) is 0 Å². The summed E-state index contributed by atoms with van der Waals surface area (Å²) >= 11 is 0. The van der Waals surface area contributed by atoms with Crippen molar-refractivity contribution < 1.29 is 0 Å². The van der Waals surface area contributed by atoms with Crippen molar-refractivity contribution in [3.63, 3.8) is 0 Å². The molecule has 0 heterocycles. The van der Waals surface area contributed by atoms with Gasteiger partial charge in [-0.05, 0) is 31.6 Å². The summed E-state index contributed by atoms with van der Waals surface area (Å²) in [6, 6.07) is 2.54. The SMILES string of the molecule is N#CC1(CC2CC2)CC=CCC1. The molecular formula is C11H15N. The molecule has 2 aliphatic carbocycles. The average molecular weight is 161 g/mol. The Kier molecular flexibility index (Phi) is 1.92. The van der Waals surface area contributed by atoms with Crippen molar-refractivity contribution in [1.82, 2.24) is 0 Å². The van der Waals surface area contributed by atoms with E-state index in [0.717, 1.165) is 31.6 Å². The molecule has 2 rings (SSSR count). The van der Waals surface area contributed by atoms with E-state index in [2.05, 4.69) is 18.2 Å². The summed E-state index contributed by atoms with van der Waals surface area (Å²) in [7, 11) is 0. The van der Waals surface area contributed by atoms with Crippen LogP contribution in [0.3, 0.4) is 0 Å². The number of nitriles is 1. The molecule has 1 atom stereocenters. The lowest BCUT2D eigenvalue weighted by atomic mass is 9.74. The van der Waals surface area contributed by atoms with E-state index >= 15 is 0 Å². The second-order valence-corrected chi connectivity index (χ2v) is 4.25. The van der Waals surface area contributed by atoms with Crippen molar-refractivity contribution >= 4 is 0 Å². The molecule has 0 aromatic heterocycles. The molecular weight excluding hydrogens is 146 g/mol.